The highest BCUT2D eigenvalue weighted by Gasteiger charge is 2.21. The summed E-state index contributed by atoms with van der Waals surface area (Å²) >= 11 is 3.13. The number of hydrogen-bond acceptors (Lipinski definition) is 2. The molecule has 1 fully saturated rings. The minimum Gasteiger partial charge on any atom is -0.375 e. The van der Waals surface area contributed by atoms with Gasteiger partial charge in [-0.2, -0.15) is 0 Å². The Bertz CT molecular complexity index is 122. The largest absolute Gasteiger partial charge is 0.375 e. The molecule has 1 unspecified atom stereocenters. The molecular formula is C9H15BrO2. The number of allylic oxidation sites excluding steroid dienone is 1. The van der Waals surface area contributed by atoms with Gasteiger partial charge in [0.05, 0.1) is 19.8 Å². The molecule has 1 saturated heterocycles. The van der Waals surface area contributed by atoms with Gasteiger partial charge in [-0.25, -0.2) is 0 Å². The van der Waals surface area contributed by atoms with Gasteiger partial charge < -0.3 is 9.47 Å². The van der Waals surface area contributed by atoms with E-state index in [-0.39, 0.29) is 0 Å². The SMILES string of the molecule is C=CCBr.C=CCOCC1CO1. The van der Waals surface area contributed by atoms with Gasteiger partial charge in [-0.15, -0.1) is 13.2 Å². The molecule has 0 amide bonds. The maximum absolute atomic E-state index is 5.06. The lowest BCUT2D eigenvalue weighted by molar-refractivity contribution is 0.141. The van der Waals surface area contributed by atoms with Crippen molar-refractivity contribution in [2.75, 3.05) is 25.2 Å². The summed E-state index contributed by atoms with van der Waals surface area (Å²) in [7, 11) is 0. The summed E-state index contributed by atoms with van der Waals surface area (Å²) in [5.41, 5.74) is 0. The first-order valence-electron chi connectivity index (χ1n) is 3.82. The van der Waals surface area contributed by atoms with Crippen molar-refractivity contribution in [1.82, 2.24) is 0 Å². The minimum absolute atomic E-state index is 0.384. The highest BCUT2D eigenvalue weighted by atomic mass is 79.9. The zero-order valence-electron chi connectivity index (χ0n) is 7.17. The van der Waals surface area contributed by atoms with Crippen molar-refractivity contribution >= 4 is 15.9 Å². The average molecular weight is 235 g/mol. The van der Waals surface area contributed by atoms with Crippen LogP contribution in [-0.4, -0.2) is 31.3 Å². The summed E-state index contributed by atoms with van der Waals surface area (Å²) in [5.74, 6) is 0. The summed E-state index contributed by atoms with van der Waals surface area (Å²) in [6, 6.07) is 0. The van der Waals surface area contributed by atoms with Crippen LogP contribution < -0.4 is 0 Å². The van der Waals surface area contributed by atoms with Gasteiger partial charge >= 0.3 is 0 Å². The second kappa shape index (κ2) is 8.97. The van der Waals surface area contributed by atoms with Crippen LogP contribution in [0, 0.1) is 0 Å². The molecule has 0 N–H and O–H groups in total. The summed E-state index contributed by atoms with van der Waals surface area (Å²) in [4.78, 5) is 0. The molecule has 12 heavy (non-hydrogen) atoms. The Morgan fingerprint density at radius 1 is 1.50 bits per heavy atom. The van der Waals surface area contributed by atoms with E-state index in [9.17, 15) is 0 Å². The van der Waals surface area contributed by atoms with Crippen LogP contribution in [0.4, 0.5) is 0 Å². The molecule has 0 saturated carbocycles. The van der Waals surface area contributed by atoms with Crippen molar-refractivity contribution < 1.29 is 9.47 Å². The molecule has 70 valence electrons. The smallest absolute Gasteiger partial charge is 0.104 e. The molecule has 1 atom stereocenters. The van der Waals surface area contributed by atoms with Gasteiger partial charge in [-0.1, -0.05) is 28.1 Å². The molecule has 2 nitrogen and oxygen atoms in total. The number of ether oxygens (including phenoxy) is 2. The number of epoxide rings is 1. The topological polar surface area (TPSA) is 21.8 Å². The number of alkyl halides is 1. The van der Waals surface area contributed by atoms with Gasteiger partial charge in [0.1, 0.15) is 6.10 Å². The van der Waals surface area contributed by atoms with Crippen LogP contribution in [0.2, 0.25) is 0 Å². The maximum atomic E-state index is 5.06. The molecule has 0 bridgehead atoms. The number of hydrogen-bond donors (Lipinski definition) is 0. The summed E-state index contributed by atoms with van der Waals surface area (Å²) in [6.07, 6.45) is 3.91. The van der Waals surface area contributed by atoms with Gasteiger partial charge in [0.15, 0.2) is 0 Å². The summed E-state index contributed by atoms with van der Waals surface area (Å²) in [6.45, 7) is 9.18. The van der Waals surface area contributed by atoms with Crippen LogP contribution in [0.3, 0.4) is 0 Å². The molecule has 0 aromatic rings. The Balaban J connectivity index is 0.000000261. The van der Waals surface area contributed by atoms with Crippen molar-refractivity contribution in [1.29, 1.82) is 0 Å². The lowest BCUT2D eigenvalue weighted by atomic mass is 10.5. The Morgan fingerprint density at radius 2 is 2.08 bits per heavy atom. The molecule has 0 spiro atoms. The van der Waals surface area contributed by atoms with E-state index >= 15 is 0 Å². The van der Waals surface area contributed by atoms with E-state index in [1.165, 1.54) is 0 Å². The van der Waals surface area contributed by atoms with Crippen LogP contribution in [0.25, 0.3) is 0 Å². The number of halogens is 1. The van der Waals surface area contributed by atoms with Gasteiger partial charge in [0.25, 0.3) is 0 Å². The van der Waals surface area contributed by atoms with Gasteiger partial charge in [-0.05, 0) is 0 Å². The third kappa shape index (κ3) is 9.88. The molecule has 0 aromatic heterocycles. The molecule has 1 heterocycles. The molecular weight excluding hydrogens is 220 g/mol. The van der Waals surface area contributed by atoms with Crippen LogP contribution in [0.15, 0.2) is 25.3 Å². The molecule has 1 rings (SSSR count). The fourth-order valence-electron chi connectivity index (χ4n) is 0.447. The monoisotopic (exact) mass is 234 g/mol. The van der Waals surface area contributed by atoms with E-state index in [1.54, 1.807) is 12.2 Å². The fraction of sp³-hybridized carbons (Fsp3) is 0.556. The van der Waals surface area contributed by atoms with E-state index in [1.807, 2.05) is 0 Å². The molecule has 0 aliphatic carbocycles. The van der Waals surface area contributed by atoms with Crippen molar-refractivity contribution in [2.45, 2.75) is 6.10 Å². The number of rotatable bonds is 5. The Kier molecular flexibility index (Phi) is 8.88. The quantitative estimate of drug-likeness (QED) is 0.315. The Labute approximate surface area is 82.4 Å². The average Bonchev–Trinajstić information content (AvgIpc) is 2.89. The maximum Gasteiger partial charge on any atom is 0.104 e. The van der Waals surface area contributed by atoms with Crippen molar-refractivity contribution in [3.63, 3.8) is 0 Å². The van der Waals surface area contributed by atoms with Crippen LogP contribution in [-0.2, 0) is 9.47 Å². The zero-order chi connectivity index (χ0) is 9.23. The lowest BCUT2D eigenvalue weighted by Gasteiger charge is -1.92. The molecule has 1 aliphatic rings. The van der Waals surface area contributed by atoms with Crippen molar-refractivity contribution in [2.24, 2.45) is 0 Å². The van der Waals surface area contributed by atoms with E-state index in [0.717, 1.165) is 18.5 Å². The second-order valence-electron chi connectivity index (χ2n) is 2.22. The predicted octanol–water partition coefficient (Wildman–Crippen LogP) is 2.16. The Hall–Kier alpha value is -0.120. The zero-order valence-corrected chi connectivity index (χ0v) is 8.76. The van der Waals surface area contributed by atoms with Crippen LogP contribution >= 0.6 is 15.9 Å². The van der Waals surface area contributed by atoms with E-state index in [0.29, 0.717) is 12.7 Å². The van der Waals surface area contributed by atoms with Gasteiger partial charge in [0.2, 0.25) is 0 Å². The van der Waals surface area contributed by atoms with Crippen LogP contribution in [0.1, 0.15) is 0 Å². The molecule has 0 aromatic carbocycles. The van der Waals surface area contributed by atoms with E-state index < -0.39 is 0 Å². The van der Waals surface area contributed by atoms with E-state index in [2.05, 4.69) is 29.1 Å². The fourth-order valence-corrected chi connectivity index (χ4v) is 0.447. The highest BCUT2D eigenvalue weighted by Crippen LogP contribution is 2.07. The third-order valence-electron chi connectivity index (χ3n) is 1.05. The van der Waals surface area contributed by atoms with Crippen molar-refractivity contribution in [3.8, 4) is 0 Å². The first-order valence-corrected chi connectivity index (χ1v) is 4.94. The van der Waals surface area contributed by atoms with Gasteiger partial charge in [0, 0.05) is 5.33 Å². The van der Waals surface area contributed by atoms with Crippen LogP contribution in [0.5, 0.6) is 0 Å². The summed E-state index contributed by atoms with van der Waals surface area (Å²) in [5, 5.41) is 0.896. The molecule has 1 aliphatic heterocycles. The molecule has 3 heteroatoms. The Morgan fingerprint density at radius 3 is 2.42 bits per heavy atom. The standard InChI is InChI=1S/C6H10O2.C3H5Br/c1-2-3-7-4-6-5-8-6;1-2-3-4/h2,6H,1,3-5H2;2H,1,3H2. The van der Waals surface area contributed by atoms with Crippen molar-refractivity contribution in [3.05, 3.63) is 25.3 Å². The highest BCUT2D eigenvalue weighted by molar-refractivity contribution is 9.09. The van der Waals surface area contributed by atoms with Gasteiger partial charge in [-0.3, -0.25) is 0 Å². The second-order valence-corrected chi connectivity index (χ2v) is 2.87. The van der Waals surface area contributed by atoms with E-state index in [4.69, 9.17) is 9.47 Å². The summed E-state index contributed by atoms with van der Waals surface area (Å²) < 4.78 is 9.96. The predicted molar refractivity (Wildman–Crippen MR) is 54.7 cm³/mol. The third-order valence-corrected chi connectivity index (χ3v) is 1.51. The molecule has 0 radical (unpaired) electrons. The first-order chi connectivity index (χ1) is 5.85. The lowest BCUT2D eigenvalue weighted by Crippen LogP contribution is -2.00. The first kappa shape index (κ1) is 11.9. The minimum atomic E-state index is 0.384. The normalized spacial score (nSPS) is 18.9.